The average molecular weight is 296 g/mol. The maximum absolute atomic E-state index is 11.8. The van der Waals surface area contributed by atoms with E-state index in [4.69, 9.17) is 9.47 Å². The van der Waals surface area contributed by atoms with Gasteiger partial charge in [0.1, 0.15) is 5.75 Å². The summed E-state index contributed by atoms with van der Waals surface area (Å²) >= 11 is 0. The summed E-state index contributed by atoms with van der Waals surface area (Å²) in [4.78, 5) is 23.4. The fourth-order valence-corrected chi connectivity index (χ4v) is 1.78. The molecule has 0 aliphatic heterocycles. The van der Waals surface area contributed by atoms with Crippen molar-refractivity contribution in [2.75, 3.05) is 6.61 Å². The number of hydrogen-bond donors (Lipinski definition) is 0. The van der Waals surface area contributed by atoms with Crippen molar-refractivity contribution >= 4 is 18.0 Å². The van der Waals surface area contributed by atoms with Crippen LogP contribution in [0.2, 0.25) is 0 Å². The lowest BCUT2D eigenvalue weighted by Gasteiger charge is -2.04. The van der Waals surface area contributed by atoms with Crippen molar-refractivity contribution in [2.45, 2.75) is 6.92 Å². The maximum Gasteiger partial charge on any atom is 0.338 e. The van der Waals surface area contributed by atoms with E-state index in [1.165, 1.54) is 12.1 Å². The molecule has 4 heteroatoms. The van der Waals surface area contributed by atoms with Gasteiger partial charge in [-0.25, -0.2) is 9.59 Å². The number of esters is 2. The van der Waals surface area contributed by atoms with E-state index in [0.29, 0.717) is 17.9 Å². The molecule has 2 aromatic carbocycles. The van der Waals surface area contributed by atoms with Crippen molar-refractivity contribution in [3.8, 4) is 5.75 Å². The van der Waals surface area contributed by atoms with Gasteiger partial charge in [0, 0.05) is 6.08 Å². The summed E-state index contributed by atoms with van der Waals surface area (Å²) in [6.07, 6.45) is 3.00. The monoisotopic (exact) mass is 296 g/mol. The molecule has 22 heavy (non-hydrogen) atoms. The van der Waals surface area contributed by atoms with Gasteiger partial charge >= 0.3 is 11.9 Å². The normalized spacial score (nSPS) is 10.4. The van der Waals surface area contributed by atoms with Gasteiger partial charge in [-0.2, -0.15) is 0 Å². The van der Waals surface area contributed by atoms with Gasteiger partial charge in [0.25, 0.3) is 0 Å². The molecule has 0 heterocycles. The van der Waals surface area contributed by atoms with Gasteiger partial charge in [0.15, 0.2) is 0 Å². The Balaban J connectivity index is 2.01. The van der Waals surface area contributed by atoms with Crippen LogP contribution >= 0.6 is 0 Å². The van der Waals surface area contributed by atoms with Crippen LogP contribution in [-0.2, 0) is 9.53 Å². The van der Waals surface area contributed by atoms with Gasteiger partial charge in [0.05, 0.1) is 12.2 Å². The quantitative estimate of drug-likeness (QED) is 0.481. The predicted molar refractivity (Wildman–Crippen MR) is 83.5 cm³/mol. The third-order valence-corrected chi connectivity index (χ3v) is 2.78. The highest BCUT2D eigenvalue weighted by atomic mass is 16.5. The Morgan fingerprint density at radius 1 is 1.05 bits per heavy atom. The first-order valence-corrected chi connectivity index (χ1v) is 6.91. The zero-order valence-corrected chi connectivity index (χ0v) is 12.2. The average Bonchev–Trinajstić information content (AvgIpc) is 2.54. The molecule has 0 unspecified atom stereocenters. The van der Waals surface area contributed by atoms with Gasteiger partial charge < -0.3 is 9.47 Å². The van der Waals surface area contributed by atoms with Crippen LogP contribution in [0.5, 0.6) is 5.75 Å². The largest absolute Gasteiger partial charge is 0.462 e. The Kier molecular flexibility index (Phi) is 5.49. The van der Waals surface area contributed by atoms with E-state index in [1.54, 1.807) is 31.2 Å². The minimum Gasteiger partial charge on any atom is -0.462 e. The second-order valence-electron chi connectivity index (χ2n) is 4.41. The molecule has 0 saturated carbocycles. The number of rotatable bonds is 5. The molecule has 2 rings (SSSR count). The molecule has 4 nitrogen and oxygen atoms in total. The molecule has 0 aliphatic rings. The van der Waals surface area contributed by atoms with Gasteiger partial charge in [-0.1, -0.05) is 36.4 Å². The maximum atomic E-state index is 11.8. The minimum atomic E-state index is -0.509. The molecule has 0 radical (unpaired) electrons. The molecule has 0 N–H and O–H groups in total. The van der Waals surface area contributed by atoms with Crippen molar-refractivity contribution in [3.05, 3.63) is 71.8 Å². The first-order valence-electron chi connectivity index (χ1n) is 6.91. The molecule has 0 amide bonds. The second-order valence-corrected chi connectivity index (χ2v) is 4.41. The van der Waals surface area contributed by atoms with E-state index in [0.717, 1.165) is 5.56 Å². The van der Waals surface area contributed by atoms with E-state index in [-0.39, 0.29) is 0 Å². The van der Waals surface area contributed by atoms with Gasteiger partial charge in [-0.05, 0) is 36.8 Å². The number of hydrogen-bond acceptors (Lipinski definition) is 4. The highest BCUT2D eigenvalue weighted by Gasteiger charge is 2.08. The topological polar surface area (TPSA) is 52.6 Å². The molecular formula is C18H16O4. The van der Waals surface area contributed by atoms with Crippen molar-refractivity contribution in [1.29, 1.82) is 0 Å². The van der Waals surface area contributed by atoms with Crippen LogP contribution < -0.4 is 4.74 Å². The number of benzene rings is 2. The number of carbonyl (C=O) groups excluding carboxylic acids is 2. The lowest BCUT2D eigenvalue weighted by molar-refractivity contribution is -0.128. The highest BCUT2D eigenvalue weighted by molar-refractivity contribution is 5.91. The smallest absolute Gasteiger partial charge is 0.338 e. The fraction of sp³-hybridized carbons (Fsp3) is 0.111. The molecule has 0 saturated heterocycles. The summed E-state index contributed by atoms with van der Waals surface area (Å²) in [6.45, 7) is 2.03. The first-order chi connectivity index (χ1) is 10.7. The molecule has 0 atom stereocenters. The zero-order valence-electron chi connectivity index (χ0n) is 12.2. The summed E-state index contributed by atoms with van der Waals surface area (Å²) in [7, 11) is 0. The molecule has 0 aromatic heterocycles. The fourth-order valence-electron chi connectivity index (χ4n) is 1.78. The number of ether oxygens (including phenoxy) is 2. The van der Waals surface area contributed by atoms with Gasteiger partial charge in [-0.15, -0.1) is 0 Å². The molecule has 0 aliphatic carbocycles. The Morgan fingerprint density at radius 3 is 2.55 bits per heavy atom. The van der Waals surface area contributed by atoms with Crippen LogP contribution in [0.1, 0.15) is 22.8 Å². The number of carbonyl (C=O) groups is 2. The summed E-state index contributed by atoms with van der Waals surface area (Å²) in [5.74, 6) is -0.654. The van der Waals surface area contributed by atoms with Crippen LogP contribution in [0.15, 0.2) is 60.7 Å². The van der Waals surface area contributed by atoms with Crippen LogP contribution in [0.3, 0.4) is 0 Å². The van der Waals surface area contributed by atoms with Crippen molar-refractivity contribution in [2.24, 2.45) is 0 Å². The summed E-state index contributed by atoms with van der Waals surface area (Å²) < 4.78 is 10.1. The predicted octanol–water partition coefficient (Wildman–Crippen LogP) is 3.48. The SMILES string of the molecule is CCOC(=O)c1cccc(OC(=O)/C=C/c2ccccc2)c1. The van der Waals surface area contributed by atoms with Crippen LogP contribution in [-0.4, -0.2) is 18.5 Å². The Bertz CT molecular complexity index is 674. The minimum absolute atomic E-state index is 0.294. The third-order valence-electron chi connectivity index (χ3n) is 2.78. The summed E-state index contributed by atoms with van der Waals surface area (Å²) in [5, 5.41) is 0. The van der Waals surface area contributed by atoms with Crippen LogP contribution in [0.4, 0.5) is 0 Å². The van der Waals surface area contributed by atoms with Gasteiger partial charge in [-0.3, -0.25) is 0 Å². The molecule has 2 aromatic rings. The highest BCUT2D eigenvalue weighted by Crippen LogP contribution is 2.15. The van der Waals surface area contributed by atoms with Crippen molar-refractivity contribution in [1.82, 2.24) is 0 Å². The van der Waals surface area contributed by atoms with E-state index < -0.39 is 11.9 Å². The van der Waals surface area contributed by atoms with Gasteiger partial charge in [0.2, 0.25) is 0 Å². The molecule has 0 bridgehead atoms. The summed E-state index contributed by atoms with van der Waals surface area (Å²) in [5.41, 5.74) is 1.25. The van der Waals surface area contributed by atoms with E-state index in [1.807, 2.05) is 30.3 Å². The van der Waals surface area contributed by atoms with Crippen molar-refractivity contribution in [3.63, 3.8) is 0 Å². The van der Waals surface area contributed by atoms with E-state index in [9.17, 15) is 9.59 Å². The van der Waals surface area contributed by atoms with Crippen LogP contribution in [0, 0.1) is 0 Å². The molecule has 112 valence electrons. The Morgan fingerprint density at radius 2 is 1.82 bits per heavy atom. The molecule has 0 fully saturated rings. The third kappa shape index (κ3) is 4.59. The second kappa shape index (κ2) is 7.78. The lowest BCUT2D eigenvalue weighted by Crippen LogP contribution is -2.07. The summed E-state index contributed by atoms with van der Waals surface area (Å²) in [6, 6.07) is 15.8. The van der Waals surface area contributed by atoms with E-state index in [2.05, 4.69) is 0 Å². The van der Waals surface area contributed by atoms with Crippen LogP contribution in [0.25, 0.3) is 6.08 Å². The first kappa shape index (κ1) is 15.5. The zero-order chi connectivity index (χ0) is 15.8. The lowest BCUT2D eigenvalue weighted by atomic mass is 10.2. The standard InChI is InChI=1S/C18H16O4/c1-2-21-18(20)15-9-6-10-16(13-15)22-17(19)12-11-14-7-4-3-5-8-14/h3-13H,2H2,1H3/b12-11+. The van der Waals surface area contributed by atoms with E-state index >= 15 is 0 Å². The van der Waals surface area contributed by atoms with Crippen molar-refractivity contribution < 1.29 is 19.1 Å². The molecular weight excluding hydrogens is 280 g/mol. The Hall–Kier alpha value is -2.88. The molecule has 0 spiro atoms. The Labute approximate surface area is 129 Å².